The highest BCUT2D eigenvalue weighted by Gasteiger charge is 2.41. The summed E-state index contributed by atoms with van der Waals surface area (Å²) in [5, 5.41) is 0. The van der Waals surface area contributed by atoms with Gasteiger partial charge in [0.05, 0.1) is 0 Å². The lowest BCUT2D eigenvalue weighted by Crippen LogP contribution is -2.27. The number of rotatable bonds is 2. The minimum Gasteiger partial charge on any atom is -0.302 e. The predicted molar refractivity (Wildman–Crippen MR) is 45.9 cm³/mol. The number of phosphoric ester groups is 1. The van der Waals surface area contributed by atoms with Crippen molar-refractivity contribution in [3.05, 3.63) is 35.9 Å². The quantitative estimate of drug-likeness (QED) is 0.738. The van der Waals surface area contributed by atoms with Crippen LogP contribution >= 0.6 is 7.82 Å². The molecule has 1 saturated heterocycles. The van der Waals surface area contributed by atoms with E-state index in [9.17, 15) is 4.57 Å². The zero-order valence-electron chi connectivity index (χ0n) is 6.79. The first-order valence-corrected chi connectivity index (χ1v) is 5.39. The molecule has 1 aliphatic rings. The molecule has 1 aliphatic heterocycles. The number of benzene rings is 1. The van der Waals surface area contributed by atoms with Crippen LogP contribution in [-0.2, 0) is 20.0 Å². The molecule has 2 rings (SSSR count). The molecule has 70 valence electrons. The van der Waals surface area contributed by atoms with Gasteiger partial charge in [-0.05, 0) is 5.56 Å². The SMILES string of the molecule is O=P1(O)OC(Cc2ccccc2)O1. The topological polar surface area (TPSA) is 55.8 Å². The van der Waals surface area contributed by atoms with E-state index in [0.717, 1.165) is 5.56 Å². The molecule has 13 heavy (non-hydrogen) atoms. The summed E-state index contributed by atoms with van der Waals surface area (Å²) in [6.07, 6.45) is -0.0657. The van der Waals surface area contributed by atoms with E-state index < -0.39 is 14.1 Å². The zero-order chi connectivity index (χ0) is 9.31. The first-order chi connectivity index (χ1) is 6.16. The fraction of sp³-hybridized carbons (Fsp3) is 0.250. The molecule has 1 aromatic rings. The van der Waals surface area contributed by atoms with Crippen LogP contribution in [0.25, 0.3) is 0 Å². The molecule has 1 heterocycles. The van der Waals surface area contributed by atoms with E-state index in [1.54, 1.807) is 0 Å². The second-order valence-corrected chi connectivity index (χ2v) is 4.16. The summed E-state index contributed by atoms with van der Waals surface area (Å²) in [5.41, 5.74) is 1.02. The van der Waals surface area contributed by atoms with Crippen molar-refractivity contribution in [1.29, 1.82) is 0 Å². The molecule has 0 saturated carbocycles. The number of hydrogen-bond donors (Lipinski definition) is 1. The van der Waals surface area contributed by atoms with Crippen LogP contribution in [0.15, 0.2) is 30.3 Å². The van der Waals surface area contributed by atoms with Gasteiger partial charge in [-0.2, -0.15) is 0 Å². The Labute approximate surface area is 75.7 Å². The second kappa shape index (κ2) is 3.24. The normalized spacial score (nSPS) is 32.5. The molecule has 0 radical (unpaired) electrons. The molecular formula is C8H9O4P. The van der Waals surface area contributed by atoms with E-state index in [1.807, 2.05) is 30.3 Å². The van der Waals surface area contributed by atoms with E-state index in [0.29, 0.717) is 6.42 Å². The maximum atomic E-state index is 10.6. The molecule has 1 N–H and O–H groups in total. The van der Waals surface area contributed by atoms with Gasteiger partial charge in [0.15, 0.2) is 6.29 Å². The van der Waals surface area contributed by atoms with Crippen molar-refractivity contribution >= 4 is 7.82 Å². The molecule has 0 amide bonds. The molecule has 0 aromatic heterocycles. The molecule has 1 aromatic carbocycles. The third kappa shape index (κ3) is 2.17. The van der Waals surface area contributed by atoms with Crippen LogP contribution in [0.1, 0.15) is 5.56 Å². The third-order valence-corrected chi connectivity index (χ3v) is 2.75. The molecular weight excluding hydrogens is 191 g/mol. The van der Waals surface area contributed by atoms with Crippen molar-refractivity contribution in [3.63, 3.8) is 0 Å². The highest BCUT2D eigenvalue weighted by atomic mass is 31.2. The average molecular weight is 200 g/mol. The third-order valence-electron chi connectivity index (χ3n) is 1.75. The Morgan fingerprint density at radius 3 is 2.46 bits per heavy atom. The van der Waals surface area contributed by atoms with E-state index in [-0.39, 0.29) is 0 Å². The van der Waals surface area contributed by atoms with Crippen molar-refractivity contribution in [3.8, 4) is 0 Å². The van der Waals surface area contributed by atoms with Gasteiger partial charge in [-0.25, -0.2) is 4.57 Å². The monoisotopic (exact) mass is 200 g/mol. The first kappa shape index (κ1) is 8.91. The molecule has 5 heteroatoms. The molecule has 0 aliphatic carbocycles. The zero-order valence-corrected chi connectivity index (χ0v) is 7.68. The van der Waals surface area contributed by atoms with Gasteiger partial charge in [0.1, 0.15) is 0 Å². The molecule has 1 fully saturated rings. The number of phosphoric acid groups is 1. The minimum atomic E-state index is -3.66. The second-order valence-electron chi connectivity index (χ2n) is 2.80. The Hall–Kier alpha value is -0.670. The molecule has 0 bridgehead atoms. The molecule has 4 nitrogen and oxygen atoms in total. The number of hydrogen-bond acceptors (Lipinski definition) is 3. The summed E-state index contributed by atoms with van der Waals surface area (Å²) in [5.74, 6) is 0. The van der Waals surface area contributed by atoms with Gasteiger partial charge in [0.2, 0.25) is 0 Å². The summed E-state index contributed by atoms with van der Waals surface area (Å²) in [7, 11) is -3.66. The van der Waals surface area contributed by atoms with E-state index in [4.69, 9.17) is 4.89 Å². The van der Waals surface area contributed by atoms with Crippen LogP contribution in [-0.4, -0.2) is 11.2 Å². The minimum absolute atomic E-state index is 0.505. The summed E-state index contributed by atoms with van der Waals surface area (Å²) < 4.78 is 19.8. The van der Waals surface area contributed by atoms with Crippen LogP contribution in [0.3, 0.4) is 0 Å². The van der Waals surface area contributed by atoms with Crippen LogP contribution < -0.4 is 0 Å². The highest BCUT2D eigenvalue weighted by molar-refractivity contribution is 7.48. The van der Waals surface area contributed by atoms with Crippen molar-refractivity contribution in [1.82, 2.24) is 0 Å². The summed E-state index contributed by atoms with van der Waals surface area (Å²) in [6.45, 7) is 0. The van der Waals surface area contributed by atoms with Gasteiger partial charge in [-0.1, -0.05) is 30.3 Å². The van der Waals surface area contributed by atoms with Gasteiger partial charge < -0.3 is 4.89 Å². The largest absolute Gasteiger partial charge is 0.476 e. The highest BCUT2D eigenvalue weighted by Crippen LogP contribution is 2.56. The average Bonchev–Trinajstić information content (AvgIpc) is 2.03. The summed E-state index contributed by atoms with van der Waals surface area (Å²) >= 11 is 0. The predicted octanol–water partition coefficient (Wildman–Crippen LogP) is 1.70. The van der Waals surface area contributed by atoms with Gasteiger partial charge in [0, 0.05) is 6.42 Å². The van der Waals surface area contributed by atoms with Gasteiger partial charge >= 0.3 is 7.82 Å². The van der Waals surface area contributed by atoms with Crippen molar-refractivity contribution in [2.45, 2.75) is 12.7 Å². The lowest BCUT2D eigenvalue weighted by atomic mass is 10.1. The van der Waals surface area contributed by atoms with Crippen LogP contribution in [0.5, 0.6) is 0 Å². The van der Waals surface area contributed by atoms with Gasteiger partial charge in [-0.15, -0.1) is 0 Å². The van der Waals surface area contributed by atoms with Crippen LogP contribution in [0.4, 0.5) is 0 Å². The summed E-state index contributed by atoms with van der Waals surface area (Å²) in [4.78, 5) is 8.67. The van der Waals surface area contributed by atoms with E-state index >= 15 is 0 Å². The lowest BCUT2D eigenvalue weighted by molar-refractivity contribution is -0.116. The van der Waals surface area contributed by atoms with Gasteiger partial charge in [0.25, 0.3) is 0 Å². The van der Waals surface area contributed by atoms with Crippen molar-refractivity contribution in [2.24, 2.45) is 0 Å². The Bertz CT molecular complexity index is 327. The molecule has 0 atom stereocenters. The van der Waals surface area contributed by atoms with Crippen LogP contribution in [0.2, 0.25) is 0 Å². The summed E-state index contributed by atoms with van der Waals surface area (Å²) in [6, 6.07) is 9.52. The van der Waals surface area contributed by atoms with E-state index in [1.165, 1.54) is 0 Å². The Kier molecular flexibility index (Phi) is 2.22. The molecule has 0 spiro atoms. The van der Waals surface area contributed by atoms with Crippen LogP contribution in [0, 0.1) is 0 Å². The van der Waals surface area contributed by atoms with Crippen molar-refractivity contribution < 1.29 is 18.5 Å². The maximum absolute atomic E-state index is 10.6. The standard InChI is InChI=1S/C8H9O4P/c9-13(10)11-8(12-13)6-7-4-2-1-3-5-7/h1-5,8H,6H2,(H,9,10). The Morgan fingerprint density at radius 1 is 1.31 bits per heavy atom. The van der Waals surface area contributed by atoms with Gasteiger partial charge in [-0.3, -0.25) is 9.05 Å². The molecule has 0 unspecified atom stereocenters. The van der Waals surface area contributed by atoms with E-state index in [2.05, 4.69) is 9.05 Å². The Balaban J connectivity index is 1.92. The van der Waals surface area contributed by atoms with Crippen molar-refractivity contribution in [2.75, 3.05) is 0 Å². The fourth-order valence-corrected chi connectivity index (χ4v) is 1.95. The maximum Gasteiger partial charge on any atom is 0.476 e. The fourth-order valence-electron chi connectivity index (χ4n) is 1.19. The lowest BCUT2D eigenvalue weighted by Gasteiger charge is -2.30. The first-order valence-electron chi connectivity index (χ1n) is 3.89. The Morgan fingerprint density at radius 2 is 1.92 bits per heavy atom. The smallest absolute Gasteiger partial charge is 0.302 e.